The van der Waals surface area contributed by atoms with Crippen LogP contribution in [0.15, 0.2) is 48.5 Å². The van der Waals surface area contributed by atoms with Gasteiger partial charge in [-0.2, -0.15) is 0 Å². The minimum absolute atomic E-state index is 0.359. The van der Waals surface area contributed by atoms with E-state index in [4.69, 9.17) is 4.74 Å². The Balaban J connectivity index is 2.11. The van der Waals surface area contributed by atoms with Gasteiger partial charge in [0.25, 0.3) is 0 Å². The van der Waals surface area contributed by atoms with Crippen molar-refractivity contribution in [1.29, 1.82) is 0 Å². The molecule has 0 amide bonds. The molecule has 0 aliphatic heterocycles. The largest absolute Gasteiger partial charge is 0.457 e. The minimum Gasteiger partial charge on any atom is -0.457 e. The molecule has 1 N–H and O–H groups in total. The van der Waals surface area contributed by atoms with Gasteiger partial charge in [-0.1, -0.05) is 24.3 Å². The molecule has 1 unspecified atom stereocenters. The molecule has 18 heavy (non-hydrogen) atoms. The quantitative estimate of drug-likeness (QED) is 0.871. The fourth-order valence-electron chi connectivity index (χ4n) is 1.81. The van der Waals surface area contributed by atoms with Crippen LogP contribution in [0.1, 0.15) is 24.1 Å². The number of nitrogens with one attached hydrogen (secondary N) is 1. The Kier molecular flexibility index (Phi) is 4.00. The lowest BCUT2D eigenvalue weighted by Gasteiger charge is -2.11. The summed E-state index contributed by atoms with van der Waals surface area (Å²) in [6, 6.07) is 16.6. The number of aryl methyl sites for hydroxylation is 1. The summed E-state index contributed by atoms with van der Waals surface area (Å²) < 4.78 is 5.81. The molecule has 0 radical (unpaired) electrons. The zero-order valence-electron chi connectivity index (χ0n) is 11.1. The van der Waals surface area contributed by atoms with Gasteiger partial charge in [-0.3, -0.25) is 0 Å². The van der Waals surface area contributed by atoms with Gasteiger partial charge in [0.05, 0.1) is 0 Å². The summed E-state index contributed by atoms with van der Waals surface area (Å²) in [7, 11) is 1.96. The molecule has 0 heterocycles. The van der Waals surface area contributed by atoms with E-state index < -0.39 is 0 Å². The molecule has 2 aromatic rings. The van der Waals surface area contributed by atoms with Crippen LogP contribution in [0.25, 0.3) is 0 Å². The standard InChI is InChI=1S/C16H19NO/c1-12-5-4-6-16(11-12)18-15-9-7-14(8-10-15)13(2)17-3/h4-11,13,17H,1-3H3. The van der Waals surface area contributed by atoms with Gasteiger partial charge in [0.1, 0.15) is 11.5 Å². The first-order valence-corrected chi connectivity index (χ1v) is 6.21. The van der Waals surface area contributed by atoms with Crippen LogP contribution in [0.2, 0.25) is 0 Å². The molecule has 1 atom stereocenters. The van der Waals surface area contributed by atoms with Gasteiger partial charge in [-0.05, 0) is 56.3 Å². The number of benzene rings is 2. The van der Waals surface area contributed by atoms with E-state index in [1.165, 1.54) is 11.1 Å². The molecule has 0 aliphatic carbocycles. The Morgan fingerprint density at radius 3 is 2.33 bits per heavy atom. The Labute approximate surface area is 109 Å². The van der Waals surface area contributed by atoms with Gasteiger partial charge in [0.2, 0.25) is 0 Å². The maximum absolute atomic E-state index is 5.81. The topological polar surface area (TPSA) is 21.3 Å². The highest BCUT2D eigenvalue weighted by Gasteiger charge is 2.03. The van der Waals surface area contributed by atoms with Crippen molar-refractivity contribution in [2.45, 2.75) is 19.9 Å². The summed E-state index contributed by atoms with van der Waals surface area (Å²) >= 11 is 0. The van der Waals surface area contributed by atoms with Crippen molar-refractivity contribution in [3.05, 3.63) is 59.7 Å². The van der Waals surface area contributed by atoms with Crippen LogP contribution in [-0.2, 0) is 0 Å². The van der Waals surface area contributed by atoms with Crippen LogP contribution in [0, 0.1) is 6.92 Å². The van der Waals surface area contributed by atoms with Gasteiger partial charge in [0.15, 0.2) is 0 Å². The first-order chi connectivity index (χ1) is 8.69. The van der Waals surface area contributed by atoms with Crippen molar-refractivity contribution < 1.29 is 4.74 Å². The number of hydrogen-bond donors (Lipinski definition) is 1. The second kappa shape index (κ2) is 5.69. The summed E-state index contributed by atoms with van der Waals surface area (Å²) in [6.07, 6.45) is 0. The van der Waals surface area contributed by atoms with Gasteiger partial charge in [0, 0.05) is 6.04 Å². The van der Waals surface area contributed by atoms with Crippen molar-refractivity contribution in [1.82, 2.24) is 5.32 Å². The van der Waals surface area contributed by atoms with Crippen LogP contribution in [0.4, 0.5) is 0 Å². The van der Waals surface area contributed by atoms with Crippen LogP contribution in [-0.4, -0.2) is 7.05 Å². The number of rotatable bonds is 4. The first-order valence-electron chi connectivity index (χ1n) is 6.21. The van der Waals surface area contributed by atoms with E-state index >= 15 is 0 Å². The van der Waals surface area contributed by atoms with Gasteiger partial charge >= 0.3 is 0 Å². The Morgan fingerprint density at radius 1 is 1.00 bits per heavy atom. The normalized spacial score (nSPS) is 12.2. The van der Waals surface area contributed by atoms with E-state index in [2.05, 4.69) is 37.4 Å². The molecule has 94 valence electrons. The maximum atomic E-state index is 5.81. The molecule has 0 aliphatic rings. The second-order valence-corrected chi connectivity index (χ2v) is 4.50. The molecule has 0 saturated carbocycles. The highest BCUT2D eigenvalue weighted by molar-refractivity contribution is 5.35. The number of hydrogen-bond acceptors (Lipinski definition) is 2. The molecule has 2 rings (SSSR count). The van der Waals surface area contributed by atoms with Crippen molar-refractivity contribution in [3.8, 4) is 11.5 Å². The molecule has 2 heteroatoms. The molecule has 2 aromatic carbocycles. The van der Waals surface area contributed by atoms with E-state index in [0.29, 0.717) is 6.04 Å². The van der Waals surface area contributed by atoms with Crippen molar-refractivity contribution in [2.75, 3.05) is 7.05 Å². The average molecular weight is 241 g/mol. The lowest BCUT2D eigenvalue weighted by Crippen LogP contribution is -2.11. The second-order valence-electron chi connectivity index (χ2n) is 4.50. The van der Waals surface area contributed by atoms with E-state index in [9.17, 15) is 0 Å². The first kappa shape index (κ1) is 12.7. The molecular formula is C16H19NO. The van der Waals surface area contributed by atoms with Gasteiger partial charge < -0.3 is 10.1 Å². The molecule has 0 saturated heterocycles. The molecule has 0 fully saturated rings. The Bertz CT molecular complexity index is 505. The molecule has 2 nitrogen and oxygen atoms in total. The molecule has 0 bridgehead atoms. The molecule has 0 spiro atoms. The SMILES string of the molecule is CNC(C)c1ccc(Oc2cccc(C)c2)cc1. The van der Waals surface area contributed by atoms with Gasteiger partial charge in [-0.15, -0.1) is 0 Å². The zero-order valence-corrected chi connectivity index (χ0v) is 11.1. The summed E-state index contributed by atoms with van der Waals surface area (Å²) in [6.45, 7) is 4.20. The third-order valence-electron chi connectivity index (χ3n) is 3.04. The van der Waals surface area contributed by atoms with Crippen molar-refractivity contribution >= 4 is 0 Å². The maximum Gasteiger partial charge on any atom is 0.127 e. The fraction of sp³-hybridized carbons (Fsp3) is 0.250. The predicted octanol–water partition coefficient (Wildman–Crippen LogP) is 4.07. The van der Waals surface area contributed by atoms with Gasteiger partial charge in [-0.25, -0.2) is 0 Å². The molecule has 0 aromatic heterocycles. The van der Waals surface area contributed by atoms with Crippen molar-refractivity contribution in [2.24, 2.45) is 0 Å². The van der Waals surface area contributed by atoms with E-state index in [-0.39, 0.29) is 0 Å². The lowest BCUT2D eigenvalue weighted by atomic mass is 10.1. The fourth-order valence-corrected chi connectivity index (χ4v) is 1.81. The third kappa shape index (κ3) is 3.11. The van der Waals surface area contributed by atoms with E-state index in [0.717, 1.165) is 11.5 Å². The van der Waals surface area contributed by atoms with Crippen LogP contribution in [0.5, 0.6) is 11.5 Å². The minimum atomic E-state index is 0.359. The van der Waals surface area contributed by atoms with E-state index in [1.54, 1.807) is 0 Å². The highest BCUT2D eigenvalue weighted by atomic mass is 16.5. The zero-order chi connectivity index (χ0) is 13.0. The van der Waals surface area contributed by atoms with Crippen LogP contribution >= 0.6 is 0 Å². The lowest BCUT2D eigenvalue weighted by molar-refractivity contribution is 0.481. The summed E-state index contributed by atoms with van der Waals surface area (Å²) in [4.78, 5) is 0. The van der Waals surface area contributed by atoms with E-state index in [1.807, 2.05) is 37.4 Å². The van der Waals surface area contributed by atoms with Crippen molar-refractivity contribution in [3.63, 3.8) is 0 Å². The Morgan fingerprint density at radius 2 is 1.72 bits per heavy atom. The third-order valence-corrected chi connectivity index (χ3v) is 3.04. The Hall–Kier alpha value is -1.80. The monoisotopic (exact) mass is 241 g/mol. The van der Waals surface area contributed by atoms with Crippen LogP contribution in [0.3, 0.4) is 0 Å². The number of ether oxygens (including phenoxy) is 1. The summed E-state index contributed by atoms with van der Waals surface area (Å²) in [5.74, 6) is 1.75. The predicted molar refractivity (Wildman–Crippen MR) is 75.2 cm³/mol. The summed E-state index contributed by atoms with van der Waals surface area (Å²) in [5.41, 5.74) is 2.46. The van der Waals surface area contributed by atoms with Crippen LogP contribution < -0.4 is 10.1 Å². The average Bonchev–Trinajstić information content (AvgIpc) is 2.39. The summed E-state index contributed by atoms with van der Waals surface area (Å²) in [5, 5.41) is 3.22. The highest BCUT2D eigenvalue weighted by Crippen LogP contribution is 2.23. The molecular weight excluding hydrogens is 222 g/mol. The smallest absolute Gasteiger partial charge is 0.127 e.